The number of anilines is 1. The van der Waals surface area contributed by atoms with Crippen LogP contribution >= 0.6 is 0 Å². The highest BCUT2D eigenvalue weighted by atomic mass is 16.6. The Hall–Kier alpha value is -2.64. The minimum absolute atomic E-state index is 0.0137. The van der Waals surface area contributed by atoms with Crippen LogP contribution in [0.2, 0.25) is 0 Å². The van der Waals surface area contributed by atoms with Crippen molar-refractivity contribution in [2.24, 2.45) is 11.7 Å². The summed E-state index contributed by atoms with van der Waals surface area (Å²) in [7, 11) is 0. The summed E-state index contributed by atoms with van der Waals surface area (Å²) in [6.45, 7) is 0. The number of hydrogen-bond acceptors (Lipinski definition) is 5. The van der Waals surface area contributed by atoms with Crippen molar-refractivity contribution in [3.63, 3.8) is 0 Å². The molecule has 0 saturated heterocycles. The van der Waals surface area contributed by atoms with Crippen molar-refractivity contribution in [1.82, 2.24) is 0 Å². The molecule has 1 fully saturated rings. The molecule has 1 aliphatic rings. The lowest BCUT2D eigenvalue weighted by Gasteiger charge is -2.19. The van der Waals surface area contributed by atoms with Gasteiger partial charge in [-0.2, -0.15) is 0 Å². The molecule has 4 N–H and O–H groups in total. The fourth-order valence-corrected chi connectivity index (χ4v) is 2.20. The lowest BCUT2D eigenvalue weighted by molar-refractivity contribution is -0.384. The van der Waals surface area contributed by atoms with E-state index in [0.29, 0.717) is 5.69 Å². The summed E-state index contributed by atoms with van der Waals surface area (Å²) < 4.78 is 0. The maximum atomic E-state index is 11.4. The van der Waals surface area contributed by atoms with Crippen molar-refractivity contribution in [3.05, 3.63) is 33.9 Å². The average molecular weight is 293 g/mol. The molecule has 1 aromatic carbocycles. The van der Waals surface area contributed by atoms with Gasteiger partial charge >= 0.3 is 5.97 Å². The summed E-state index contributed by atoms with van der Waals surface area (Å²) in [5, 5.41) is 22.6. The number of amides is 1. The number of nitrogens with one attached hydrogen (secondary N) is 1. The summed E-state index contributed by atoms with van der Waals surface area (Å²) in [6, 6.07) is 3.41. The van der Waals surface area contributed by atoms with Crippen molar-refractivity contribution in [2.75, 3.05) is 5.32 Å². The SMILES string of the molecule is NC(=O)c1cc([N+](=O)[O-])ccc1NC(CC(=O)O)C1CC1. The maximum Gasteiger partial charge on any atom is 0.305 e. The Kier molecular flexibility index (Phi) is 4.06. The molecule has 8 nitrogen and oxygen atoms in total. The van der Waals surface area contributed by atoms with Crippen LogP contribution in [-0.4, -0.2) is 27.9 Å². The van der Waals surface area contributed by atoms with Gasteiger partial charge in [0.05, 0.1) is 16.9 Å². The smallest absolute Gasteiger partial charge is 0.305 e. The van der Waals surface area contributed by atoms with Crippen LogP contribution in [0, 0.1) is 16.0 Å². The van der Waals surface area contributed by atoms with Gasteiger partial charge in [0, 0.05) is 23.9 Å². The lowest BCUT2D eigenvalue weighted by Crippen LogP contribution is -2.27. The second-order valence-electron chi connectivity index (χ2n) is 5.04. The minimum atomic E-state index is -0.943. The van der Waals surface area contributed by atoms with Crippen LogP contribution in [0.25, 0.3) is 0 Å². The van der Waals surface area contributed by atoms with Crippen LogP contribution in [0.4, 0.5) is 11.4 Å². The van der Waals surface area contributed by atoms with Gasteiger partial charge < -0.3 is 16.2 Å². The zero-order chi connectivity index (χ0) is 15.6. The zero-order valence-corrected chi connectivity index (χ0v) is 11.1. The third-order valence-corrected chi connectivity index (χ3v) is 3.41. The van der Waals surface area contributed by atoms with Crippen molar-refractivity contribution < 1.29 is 19.6 Å². The molecule has 1 amide bonds. The number of benzene rings is 1. The fraction of sp³-hybridized carbons (Fsp3) is 0.385. The Morgan fingerprint density at radius 3 is 2.62 bits per heavy atom. The molecule has 0 spiro atoms. The normalized spacial score (nSPS) is 15.2. The Balaban J connectivity index is 2.27. The third kappa shape index (κ3) is 3.68. The van der Waals surface area contributed by atoms with E-state index >= 15 is 0 Å². The highest BCUT2D eigenvalue weighted by molar-refractivity contribution is 5.99. The first-order valence-corrected chi connectivity index (χ1v) is 6.45. The minimum Gasteiger partial charge on any atom is -0.481 e. The highest BCUT2D eigenvalue weighted by Gasteiger charge is 2.33. The summed E-state index contributed by atoms with van der Waals surface area (Å²) in [6.07, 6.45) is 1.76. The average Bonchev–Trinajstić information content (AvgIpc) is 3.21. The van der Waals surface area contributed by atoms with E-state index in [0.717, 1.165) is 18.9 Å². The number of carbonyl (C=O) groups excluding carboxylic acids is 1. The monoisotopic (exact) mass is 293 g/mol. The van der Waals surface area contributed by atoms with E-state index in [1.807, 2.05) is 0 Å². The molecule has 1 saturated carbocycles. The highest BCUT2D eigenvalue weighted by Crippen LogP contribution is 2.36. The Morgan fingerprint density at radius 2 is 2.14 bits per heavy atom. The molecule has 1 unspecified atom stereocenters. The number of non-ortho nitro benzene ring substituents is 1. The first-order chi connectivity index (χ1) is 9.88. The van der Waals surface area contributed by atoms with Gasteiger partial charge in [-0.05, 0) is 24.8 Å². The number of carboxylic acids is 1. The van der Waals surface area contributed by atoms with Crippen molar-refractivity contribution in [2.45, 2.75) is 25.3 Å². The number of aliphatic carboxylic acids is 1. The van der Waals surface area contributed by atoms with Gasteiger partial charge in [0.1, 0.15) is 0 Å². The van der Waals surface area contributed by atoms with Crippen LogP contribution < -0.4 is 11.1 Å². The molecule has 0 heterocycles. The second-order valence-corrected chi connectivity index (χ2v) is 5.04. The molecule has 1 aromatic rings. The first-order valence-electron chi connectivity index (χ1n) is 6.45. The Labute approximate surface area is 120 Å². The topological polar surface area (TPSA) is 136 Å². The quantitative estimate of drug-likeness (QED) is 0.513. The number of carbonyl (C=O) groups is 2. The number of rotatable bonds is 7. The van der Waals surface area contributed by atoms with Gasteiger partial charge in [-0.3, -0.25) is 19.7 Å². The van der Waals surface area contributed by atoms with Crippen molar-refractivity contribution >= 4 is 23.3 Å². The molecular formula is C13H15N3O5. The van der Waals surface area contributed by atoms with E-state index in [9.17, 15) is 19.7 Å². The summed E-state index contributed by atoms with van der Waals surface area (Å²) in [5.41, 5.74) is 5.31. The molecule has 0 bridgehead atoms. The Morgan fingerprint density at radius 1 is 1.48 bits per heavy atom. The number of carboxylic acid groups (broad SMARTS) is 1. The predicted octanol–water partition coefficient (Wildman–Crippen LogP) is 1.36. The van der Waals surface area contributed by atoms with E-state index in [-0.39, 0.29) is 29.6 Å². The number of primary amides is 1. The van der Waals surface area contributed by atoms with Crippen molar-refractivity contribution in [3.8, 4) is 0 Å². The molecule has 0 aromatic heterocycles. The second kappa shape index (κ2) is 5.78. The number of nitrogens with zero attached hydrogens (tertiary/aromatic N) is 1. The first kappa shape index (κ1) is 14.8. The lowest BCUT2D eigenvalue weighted by atomic mass is 10.1. The number of nitro benzene ring substituents is 1. The zero-order valence-electron chi connectivity index (χ0n) is 11.1. The number of hydrogen-bond donors (Lipinski definition) is 3. The molecule has 2 rings (SSSR count). The summed E-state index contributed by atoms with van der Waals surface area (Å²) in [4.78, 5) is 32.4. The molecule has 1 aliphatic carbocycles. The van der Waals surface area contributed by atoms with E-state index in [2.05, 4.69) is 5.32 Å². The van der Waals surface area contributed by atoms with Gasteiger partial charge in [0.15, 0.2) is 0 Å². The van der Waals surface area contributed by atoms with E-state index in [1.165, 1.54) is 12.1 Å². The molecule has 0 radical (unpaired) electrons. The van der Waals surface area contributed by atoms with Crippen LogP contribution in [0.3, 0.4) is 0 Å². The van der Waals surface area contributed by atoms with Crippen LogP contribution in [0.15, 0.2) is 18.2 Å². The maximum absolute atomic E-state index is 11.4. The molecule has 21 heavy (non-hydrogen) atoms. The van der Waals surface area contributed by atoms with Crippen LogP contribution in [0.1, 0.15) is 29.6 Å². The molecule has 1 atom stereocenters. The van der Waals surface area contributed by atoms with Gasteiger partial charge in [-0.1, -0.05) is 0 Å². The van der Waals surface area contributed by atoms with Gasteiger partial charge in [0.25, 0.3) is 11.6 Å². The van der Waals surface area contributed by atoms with E-state index in [4.69, 9.17) is 10.8 Å². The summed E-state index contributed by atoms with van der Waals surface area (Å²) >= 11 is 0. The third-order valence-electron chi connectivity index (χ3n) is 3.41. The van der Waals surface area contributed by atoms with Gasteiger partial charge in [-0.25, -0.2) is 0 Å². The van der Waals surface area contributed by atoms with Gasteiger partial charge in [-0.15, -0.1) is 0 Å². The molecular weight excluding hydrogens is 278 g/mol. The molecule has 112 valence electrons. The molecule has 8 heteroatoms. The largest absolute Gasteiger partial charge is 0.481 e. The molecule has 0 aliphatic heterocycles. The standard InChI is InChI=1S/C13H15N3O5/c14-13(19)9-5-8(16(20)21)3-4-10(9)15-11(6-12(17)18)7-1-2-7/h3-5,7,11,15H,1-2,6H2,(H2,14,19)(H,17,18). The van der Waals surface area contributed by atoms with Crippen LogP contribution in [0.5, 0.6) is 0 Å². The van der Waals surface area contributed by atoms with E-state index < -0.39 is 16.8 Å². The summed E-state index contributed by atoms with van der Waals surface area (Å²) in [5.74, 6) is -1.51. The predicted molar refractivity (Wildman–Crippen MR) is 74.0 cm³/mol. The number of nitro groups is 1. The van der Waals surface area contributed by atoms with E-state index in [1.54, 1.807) is 0 Å². The van der Waals surface area contributed by atoms with Crippen molar-refractivity contribution in [1.29, 1.82) is 0 Å². The number of nitrogens with two attached hydrogens (primary N) is 1. The van der Waals surface area contributed by atoms with Gasteiger partial charge in [0.2, 0.25) is 0 Å². The van der Waals surface area contributed by atoms with Crippen LogP contribution in [-0.2, 0) is 4.79 Å². The Bertz CT molecular complexity index is 597. The fourth-order valence-electron chi connectivity index (χ4n) is 2.20.